The zero-order valence-corrected chi connectivity index (χ0v) is 11.7. The van der Waals surface area contributed by atoms with Crippen molar-refractivity contribution >= 4 is 22.9 Å². The van der Waals surface area contributed by atoms with Gasteiger partial charge >= 0.3 is 0 Å². The quantitative estimate of drug-likeness (QED) is 0.834. The van der Waals surface area contributed by atoms with Crippen molar-refractivity contribution in [2.75, 3.05) is 18.0 Å². The van der Waals surface area contributed by atoms with Gasteiger partial charge in [0, 0.05) is 18.8 Å². The van der Waals surface area contributed by atoms with Gasteiger partial charge in [-0.1, -0.05) is 32.1 Å². The predicted molar refractivity (Wildman–Crippen MR) is 77.5 cm³/mol. The van der Waals surface area contributed by atoms with E-state index in [9.17, 15) is 4.39 Å². The molecule has 2 nitrogen and oxygen atoms in total. The Bertz CT molecular complexity index is 461. The van der Waals surface area contributed by atoms with Crippen LogP contribution in [0.4, 0.5) is 10.1 Å². The molecule has 2 rings (SSSR count). The number of piperidine rings is 1. The highest BCUT2D eigenvalue weighted by atomic mass is 32.1. The van der Waals surface area contributed by atoms with Gasteiger partial charge in [-0.05, 0) is 30.4 Å². The molecule has 4 heteroatoms. The highest BCUT2D eigenvalue weighted by Gasteiger charge is 2.27. The average molecular weight is 266 g/mol. The molecule has 1 fully saturated rings. The zero-order chi connectivity index (χ0) is 13.3. The minimum atomic E-state index is -0.329. The SMILES string of the molecule is CC1(C)CCN(c2cccc(F)c2C(N)=S)CC1. The summed E-state index contributed by atoms with van der Waals surface area (Å²) in [6.45, 7) is 6.38. The van der Waals surface area contributed by atoms with E-state index in [-0.39, 0.29) is 10.8 Å². The second-order valence-corrected chi connectivity index (χ2v) is 6.09. The molecule has 0 saturated carbocycles. The third kappa shape index (κ3) is 2.64. The van der Waals surface area contributed by atoms with E-state index in [1.807, 2.05) is 6.07 Å². The Morgan fingerprint density at radius 2 is 1.94 bits per heavy atom. The highest BCUT2D eigenvalue weighted by molar-refractivity contribution is 7.80. The van der Waals surface area contributed by atoms with Gasteiger partial charge in [0.2, 0.25) is 0 Å². The van der Waals surface area contributed by atoms with Crippen LogP contribution in [0, 0.1) is 11.2 Å². The molecule has 0 amide bonds. The van der Waals surface area contributed by atoms with Crippen molar-refractivity contribution in [2.45, 2.75) is 26.7 Å². The first kappa shape index (κ1) is 13.3. The zero-order valence-electron chi connectivity index (χ0n) is 10.9. The Kier molecular flexibility index (Phi) is 3.57. The van der Waals surface area contributed by atoms with Crippen LogP contribution in [-0.4, -0.2) is 18.1 Å². The van der Waals surface area contributed by atoms with Crippen molar-refractivity contribution in [3.63, 3.8) is 0 Å². The summed E-state index contributed by atoms with van der Waals surface area (Å²) in [6, 6.07) is 5.02. The maximum atomic E-state index is 13.8. The number of nitrogens with two attached hydrogens (primary N) is 1. The topological polar surface area (TPSA) is 29.3 Å². The molecule has 0 atom stereocenters. The van der Waals surface area contributed by atoms with Gasteiger partial charge in [-0.25, -0.2) is 4.39 Å². The standard InChI is InChI=1S/C14H19FN2S/c1-14(2)6-8-17(9-7-14)11-5-3-4-10(15)12(11)13(16)18/h3-5H,6-9H2,1-2H3,(H2,16,18). The van der Waals surface area contributed by atoms with E-state index in [4.69, 9.17) is 18.0 Å². The summed E-state index contributed by atoms with van der Waals surface area (Å²) in [5.74, 6) is -0.329. The average Bonchev–Trinajstić information content (AvgIpc) is 2.28. The molecule has 0 radical (unpaired) electrons. The predicted octanol–water partition coefficient (Wildman–Crippen LogP) is 3.09. The Labute approximate surface area is 113 Å². The maximum Gasteiger partial charge on any atom is 0.135 e. The van der Waals surface area contributed by atoms with Crippen LogP contribution in [0.2, 0.25) is 0 Å². The number of rotatable bonds is 2. The number of hydrogen-bond donors (Lipinski definition) is 1. The molecule has 18 heavy (non-hydrogen) atoms. The van der Waals surface area contributed by atoms with E-state index >= 15 is 0 Å². The Hall–Kier alpha value is -1.16. The normalized spacial score (nSPS) is 18.7. The fraction of sp³-hybridized carbons (Fsp3) is 0.500. The van der Waals surface area contributed by atoms with Crippen LogP contribution >= 0.6 is 12.2 Å². The third-order valence-corrected chi connectivity index (χ3v) is 3.90. The molecule has 1 aromatic carbocycles. The van der Waals surface area contributed by atoms with Crippen LogP contribution in [0.3, 0.4) is 0 Å². The number of thiocarbonyl (C=S) groups is 1. The van der Waals surface area contributed by atoms with Crippen molar-refractivity contribution < 1.29 is 4.39 Å². The van der Waals surface area contributed by atoms with Crippen LogP contribution < -0.4 is 10.6 Å². The fourth-order valence-electron chi connectivity index (χ4n) is 2.37. The lowest BCUT2D eigenvalue weighted by atomic mass is 9.82. The summed E-state index contributed by atoms with van der Waals surface area (Å²) in [6.07, 6.45) is 2.20. The molecule has 1 aliphatic rings. The van der Waals surface area contributed by atoms with Gasteiger partial charge in [-0.3, -0.25) is 0 Å². The van der Waals surface area contributed by atoms with E-state index in [2.05, 4.69) is 18.7 Å². The van der Waals surface area contributed by atoms with Gasteiger partial charge in [0.05, 0.1) is 5.56 Å². The van der Waals surface area contributed by atoms with E-state index in [1.165, 1.54) is 6.07 Å². The minimum absolute atomic E-state index is 0.132. The van der Waals surface area contributed by atoms with Crippen LogP contribution in [0.25, 0.3) is 0 Å². The van der Waals surface area contributed by atoms with Crippen molar-refractivity contribution in [3.05, 3.63) is 29.6 Å². The summed E-state index contributed by atoms with van der Waals surface area (Å²) in [5.41, 5.74) is 7.22. The van der Waals surface area contributed by atoms with Crippen LogP contribution in [-0.2, 0) is 0 Å². The van der Waals surface area contributed by atoms with Gasteiger partial charge in [0.25, 0.3) is 0 Å². The number of halogens is 1. The molecule has 0 spiro atoms. The molecule has 98 valence electrons. The van der Waals surface area contributed by atoms with Crippen LogP contribution in [0.15, 0.2) is 18.2 Å². The minimum Gasteiger partial charge on any atom is -0.389 e. The highest BCUT2D eigenvalue weighted by Crippen LogP contribution is 2.33. The number of nitrogens with zero attached hydrogens (tertiary/aromatic N) is 1. The van der Waals surface area contributed by atoms with Crippen molar-refractivity contribution in [1.82, 2.24) is 0 Å². The lowest BCUT2D eigenvalue weighted by Gasteiger charge is -2.39. The molecule has 0 unspecified atom stereocenters. The molecule has 1 aliphatic heterocycles. The van der Waals surface area contributed by atoms with Gasteiger partial charge in [-0.15, -0.1) is 0 Å². The van der Waals surface area contributed by atoms with E-state index < -0.39 is 0 Å². The summed E-state index contributed by atoms with van der Waals surface area (Å²) in [4.78, 5) is 2.32. The number of hydrogen-bond acceptors (Lipinski definition) is 2. The van der Waals surface area contributed by atoms with Crippen LogP contribution in [0.5, 0.6) is 0 Å². The number of anilines is 1. The van der Waals surface area contributed by atoms with Gasteiger partial charge < -0.3 is 10.6 Å². The molecular formula is C14H19FN2S. The molecule has 1 aromatic rings. The molecule has 2 N–H and O–H groups in total. The summed E-state index contributed by atoms with van der Waals surface area (Å²) in [5, 5.41) is 0. The smallest absolute Gasteiger partial charge is 0.135 e. The van der Waals surface area contributed by atoms with Crippen LogP contribution in [0.1, 0.15) is 32.3 Å². The summed E-state index contributed by atoms with van der Waals surface area (Å²) in [7, 11) is 0. The summed E-state index contributed by atoms with van der Waals surface area (Å²) < 4.78 is 13.8. The monoisotopic (exact) mass is 266 g/mol. The first-order valence-electron chi connectivity index (χ1n) is 6.24. The molecular weight excluding hydrogens is 247 g/mol. The number of benzene rings is 1. The first-order chi connectivity index (χ1) is 8.41. The van der Waals surface area contributed by atoms with Gasteiger partial charge in [0.1, 0.15) is 10.8 Å². The Morgan fingerprint density at radius 1 is 1.33 bits per heavy atom. The molecule has 1 saturated heterocycles. The third-order valence-electron chi connectivity index (χ3n) is 3.70. The van der Waals surface area contributed by atoms with Crippen molar-refractivity contribution in [2.24, 2.45) is 11.1 Å². The molecule has 0 aromatic heterocycles. The fourth-order valence-corrected chi connectivity index (χ4v) is 2.58. The lowest BCUT2D eigenvalue weighted by Crippen LogP contribution is -2.38. The largest absolute Gasteiger partial charge is 0.389 e. The van der Waals surface area contributed by atoms with E-state index in [1.54, 1.807) is 6.07 Å². The van der Waals surface area contributed by atoms with E-state index in [0.717, 1.165) is 31.6 Å². The van der Waals surface area contributed by atoms with Gasteiger partial charge in [-0.2, -0.15) is 0 Å². The molecule has 0 bridgehead atoms. The van der Waals surface area contributed by atoms with Crippen molar-refractivity contribution in [1.29, 1.82) is 0 Å². The summed E-state index contributed by atoms with van der Waals surface area (Å²) >= 11 is 4.96. The Balaban J connectivity index is 2.30. The Morgan fingerprint density at radius 3 is 2.50 bits per heavy atom. The molecule has 0 aliphatic carbocycles. The molecule has 1 heterocycles. The lowest BCUT2D eigenvalue weighted by molar-refractivity contribution is 0.279. The first-order valence-corrected chi connectivity index (χ1v) is 6.65. The van der Waals surface area contributed by atoms with E-state index in [0.29, 0.717) is 11.0 Å². The second-order valence-electron chi connectivity index (χ2n) is 5.65. The second kappa shape index (κ2) is 4.84. The van der Waals surface area contributed by atoms with Gasteiger partial charge in [0.15, 0.2) is 0 Å². The maximum absolute atomic E-state index is 13.8. The van der Waals surface area contributed by atoms with Crippen molar-refractivity contribution in [3.8, 4) is 0 Å².